The lowest BCUT2D eigenvalue weighted by atomic mass is 9.98. The van der Waals surface area contributed by atoms with E-state index < -0.39 is 18.9 Å². The minimum absolute atomic E-state index is 0.119. The van der Waals surface area contributed by atoms with Crippen LogP contribution >= 0.6 is 0 Å². The van der Waals surface area contributed by atoms with E-state index in [9.17, 15) is 13.6 Å². The molecule has 0 aliphatic carbocycles. The molecule has 0 bridgehead atoms. The minimum Gasteiger partial charge on any atom is -0.484 e. The maximum atomic E-state index is 12.5. The van der Waals surface area contributed by atoms with Crippen LogP contribution in [-0.2, 0) is 9.53 Å². The van der Waals surface area contributed by atoms with Gasteiger partial charge in [0.1, 0.15) is 5.75 Å². The third-order valence-electron chi connectivity index (χ3n) is 3.50. The number of methoxy groups -OCH3 is 1. The Bertz CT molecular complexity index is 507. The SMILES string of the molecule is COCCN(CC(F)F)C(=O)COc1ccc(C(C)C)c(C)c1. The molecule has 0 spiro atoms. The molecule has 1 aromatic rings. The highest BCUT2D eigenvalue weighted by Gasteiger charge is 2.18. The van der Waals surface area contributed by atoms with Crippen molar-refractivity contribution < 1.29 is 23.0 Å². The van der Waals surface area contributed by atoms with Crippen molar-refractivity contribution in [3.8, 4) is 5.75 Å². The van der Waals surface area contributed by atoms with Crippen molar-refractivity contribution >= 4 is 5.91 Å². The van der Waals surface area contributed by atoms with Gasteiger partial charge in [0.05, 0.1) is 13.2 Å². The van der Waals surface area contributed by atoms with Crippen molar-refractivity contribution in [1.82, 2.24) is 4.90 Å². The summed E-state index contributed by atoms with van der Waals surface area (Å²) in [4.78, 5) is 13.1. The molecule has 0 atom stereocenters. The first-order valence-electron chi connectivity index (χ1n) is 7.63. The van der Waals surface area contributed by atoms with Crippen LogP contribution in [0.1, 0.15) is 30.9 Å². The Morgan fingerprint density at radius 3 is 2.52 bits per heavy atom. The number of rotatable bonds is 9. The predicted octanol–water partition coefficient (Wildman–Crippen LogP) is 3.24. The smallest absolute Gasteiger partial charge is 0.260 e. The fourth-order valence-corrected chi connectivity index (χ4v) is 2.31. The van der Waals surface area contributed by atoms with Crippen molar-refractivity contribution in [3.05, 3.63) is 29.3 Å². The Kier molecular flexibility index (Phi) is 7.95. The van der Waals surface area contributed by atoms with Gasteiger partial charge in [-0.05, 0) is 36.1 Å². The summed E-state index contributed by atoms with van der Waals surface area (Å²) in [6.45, 7) is 5.63. The van der Waals surface area contributed by atoms with Crippen LogP contribution in [0, 0.1) is 6.92 Å². The molecule has 6 heteroatoms. The zero-order chi connectivity index (χ0) is 17.4. The van der Waals surface area contributed by atoms with E-state index in [1.165, 1.54) is 12.7 Å². The molecule has 0 N–H and O–H groups in total. The zero-order valence-corrected chi connectivity index (χ0v) is 14.1. The third-order valence-corrected chi connectivity index (χ3v) is 3.50. The normalized spacial score (nSPS) is 11.1. The Labute approximate surface area is 136 Å². The molecule has 4 nitrogen and oxygen atoms in total. The lowest BCUT2D eigenvalue weighted by Gasteiger charge is -2.22. The van der Waals surface area contributed by atoms with Crippen molar-refractivity contribution in [2.24, 2.45) is 0 Å². The number of benzene rings is 1. The van der Waals surface area contributed by atoms with Crippen molar-refractivity contribution in [1.29, 1.82) is 0 Å². The summed E-state index contributed by atoms with van der Waals surface area (Å²) in [6.07, 6.45) is -2.58. The Morgan fingerprint density at radius 1 is 1.30 bits per heavy atom. The standard InChI is InChI=1S/C17H25F2NO3/c1-12(2)15-6-5-14(9-13(15)3)23-11-17(21)20(7-8-22-4)10-16(18)19/h5-6,9,12,16H,7-8,10-11H2,1-4H3. The summed E-state index contributed by atoms with van der Waals surface area (Å²) in [5.41, 5.74) is 2.29. The molecule has 23 heavy (non-hydrogen) atoms. The molecule has 0 fully saturated rings. The van der Waals surface area contributed by atoms with Gasteiger partial charge in [0.2, 0.25) is 0 Å². The number of alkyl halides is 2. The van der Waals surface area contributed by atoms with Gasteiger partial charge in [-0.15, -0.1) is 0 Å². The van der Waals surface area contributed by atoms with Crippen LogP contribution < -0.4 is 4.74 Å². The Hall–Kier alpha value is -1.69. The highest BCUT2D eigenvalue weighted by atomic mass is 19.3. The molecule has 1 aromatic carbocycles. The summed E-state index contributed by atoms with van der Waals surface area (Å²) >= 11 is 0. The van der Waals surface area contributed by atoms with E-state index >= 15 is 0 Å². The van der Waals surface area contributed by atoms with Gasteiger partial charge in [0, 0.05) is 13.7 Å². The van der Waals surface area contributed by atoms with Gasteiger partial charge in [-0.2, -0.15) is 0 Å². The van der Waals surface area contributed by atoms with Crippen molar-refractivity contribution in [2.75, 3.05) is 33.4 Å². The fraction of sp³-hybridized carbons (Fsp3) is 0.588. The van der Waals surface area contributed by atoms with Gasteiger partial charge in [-0.3, -0.25) is 4.79 Å². The maximum absolute atomic E-state index is 12.5. The van der Waals surface area contributed by atoms with E-state index in [0.717, 1.165) is 10.5 Å². The molecule has 1 amide bonds. The number of hydrogen-bond donors (Lipinski definition) is 0. The van der Waals surface area contributed by atoms with E-state index in [0.29, 0.717) is 11.7 Å². The molecule has 0 aliphatic rings. The number of carbonyl (C=O) groups is 1. The van der Waals surface area contributed by atoms with Crippen LogP contribution in [0.25, 0.3) is 0 Å². The zero-order valence-electron chi connectivity index (χ0n) is 14.1. The summed E-state index contributed by atoms with van der Waals surface area (Å²) in [5.74, 6) is 0.484. The Morgan fingerprint density at radius 2 is 2.00 bits per heavy atom. The van der Waals surface area contributed by atoms with Gasteiger partial charge in [-0.25, -0.2) is 8.78 Å². The molecule has 0 aliphatic heterocycles. The van der Waals surface area contributed by atoms with Gasteiger partial charge in [0.15, 0.2) is 6.61 Å². The van der Waals surface area contributed by atoms with Crippen LogP contribution in [-0.4, -0.2) is 50.6 Å². The molecule has 1 rings (SSSR count). The van der Waals surface area contributed by atoms with Crippen LogP contribution in [0.3, 0.4) is 0 Å². The topological polar surface area (TPSA) is 38.8 Å². The molecule has 0 aromatic heterocycles. The molecule has 0 unspecified atom stereocenters. The Balaban J connectivity index is 2.63. The molecular formula is C17H25F2NO3. The second kappa shape index (κ2) is 9.45. The number of amides is 1. The van der Waals surface area contributed by atoms with Crippen molar-refractivity contribution in [3.63, 3.8) is 0 Å². The lowest BCUT2D eigenvalue weighted by molar-refractivity contribution is -0.136. The number of ether oxygens (including phenoxy) is 2. The summed E-state index contributed by atoms with van der Waals surface area (Å²) in [6, 6.07) is 5.61. The van der Waals surface area contributed by atoms with Crippen LogP contribution in [0.5, 0.6) is 5.75 Å². The maximum Gasteiger partial charge on any atom is 0.260 e. The van der Waals surface area contributed by atoms with Crippen molar-refractivity contribution in [2.45, 2.75) is 33.1 Å². The largest absolute Gasteiger partial charge is 0.484 e. The van der Waals surface area contributed by atoms with Crippen LogP contribution in [0.2, 0.25) is 0 Å². The number of halogens is 2. The first-order valence-corrected chi connectivity index (χ1v) is 7.63. The minimum atomic E-state index is -2.58. The molecule has 0 saturated carbocycles. The van der Waals surface area contributed by atoms with Gasteiger partial charge < -0.3 is 14.4 Å². The van der Waals surface area contributed by atoms with E-state index in [2.05, 4.69) is 13.8 Å². The predicted molar refractivity (Wildman–Crippen MR) is 85.2 cm³/mol. The van der Waals surface area contributed by atoms with Crippen LogP contribution in [0.15, 0.2) is 18.2 Å². The van der Waals surface area contributed by atoms with E-state index in [1.807, 2.05) is 19.1 Å². The molecule has 0 radical (unpaired) electrons. The van der Waals surface area contributed by atoms with Gasteiger partial charge in [-0.1, -0.05) is 19.9 Å². The second-order valence-electron chi connectivity index (χ2n) is 5.69. The molecule has 0 heterocycles. The first kappa shape index (κ1) is 19.4. The first-order chi connectivity index (χ1) is 10.8. The fourth-order valence-electron chi connectivity index (χ4n) is 2.31. The molecule has 0 saturated heterocycles. The number of carbonyl (C=O) groups excluding carboxylic acids is 1. The number of nitrogens with zero attached hydrogens (tertiary/aromatic N) is 1. The average Bonchev–Trinajstić information content (AvgIpc) is 2.48. The average molecular weight is 329 g/mol. The summed E-state index contributed by atoms with van der Waals surface area (Å²) in [7, 11) is 1.46. The monoisotopic (exact) mass is 329 g/mol. The highest BCUT2D eigenvalue weighted by Crippen LogP contribution is 2.23. The molecule has 130 valence electrons. The quantitative estimate of drug-likeness (QED) is 0.698. The number of hydrogen-bond acceptors (Lipinski definition) is 3. The van der Waals surface area contributed by atoms with E-state index in [4.69, 9.17) is 9.47 Å². The lowest BCUT2D eigenvalue weighted by Crippen LogP contribution is -2.40. The second-order valence-corrected chi connectivity index (χ2v) is 5.69. The van der Waals surface area contributed by atoms with Crippen LogP contribution in [0.4, 0.5) is 8.78 Å². The van der Waals surface area contributed by atoms with E-state index in [1.54, 1.807) is 6.07 Å². The molecular weight excluding hydrogens is 304 g/mol. The van der Waals surface area contributed by atoms with Gasteiger partial charge >= 0.3 is 0 Å². The number of aryl methyl sites for hydroxylation is 1. The summed E-state index contributed by atoms with van der Waals surface area (Å²) < 4.78 is 35.4. The van der Waals surface area contributed by atoms with E-state index in [-0.39, 0.29) is 19.8 Å². The third kappa shape index (κ3) is 6.52. The highest BCUT2D eigenvalue weighted by molar-refractivity contribution is 5.77. The van der Waals surface area contributed by atoms with Gasteiger partial charge in [0.25, 0.3) is 12.3 Å². The summed E-state index contributed by atoms with van der Waals surface area (Å²) in [5, 5.41) is 0.